The number of pyridine rings is 1. The molecule has 0 aliphatic carbocycles. The normalized spacial score (nSPS) is 11.1. The van der Waals surface area contributed by atoms with Crippen LogP contribution >= 0.6 is 0 Å². The van der Waals surface area contributed by atoms with Crippen LogP contribution in [-0.4, -0.2) is 28.8 Å². The van der Waals surface area contributed by atoms with Crippen LogP contribution in [0.1, 0.15) is 28.4 Å². The molecule has 0 aliphatic rings. The third-order valence-electron chi connectivity index (χ3n) is 4.97. The first-order valence-electron chi connectivity index (χ1n) is 10.3. The summed E-state index contributed by atoms with van der Waals surface area (Å²) in [5.41, 5.74) is 7.32. The number of nitrogens with zero attached hydrogens (tertiary/aromatic N) is 2. The van der Waals surface area contributed by atoms with Gasteiger partial charge in [0.1, 0.15) is 0 Å². The number of carbonyl (C=O) groups excluding carboxylic acids is 1. The topological polar surface area (TPSA) is 83.8 Å². The molecule has 0 saturated heterocycles. The Bertz CT molecular complexity index is 1300. The van der Waals surface area contributed by atoms with Gasteiger partial charge in [0.05, 0.1) is 29.6 Å². The molecular weight excluding hydrogens is 402 g/mol. The Morgan fingerprint density at radius 1 is 1.09 bits per heavy atom. The Kier molecular flexibility index (Phi) is 6.12. The van der Waals surface area contributed by atoms with Gasteiger partial charge in [0.15, 0.2) is 11.5 Å². The number of ether oxygens (including phenoxy) is 1. The third kappa shape index (κ3) is 4.59. The molecule has 0 aliphatic heterocycles. The predicted molar refractivity (Wildman–Crippen MR) is 126 cm³/mol. The molecule has 0 atom stereocenters. The van der Waals surface area contributed by atoms with E-state index in [1.54, 1.807) is 18.2 Å². The number of nitrogens with one attached hydrogen (secondary N) is 1. The minimum atomic E-state index is -0.336. The van der Waals surface area contributed by atoms with Crippen molar-refractivity contribution in [2.75, 3.05) is 6.61 Å². The number of aromatic hydroxyl groups is 1. The summed E-state index contributed by atoms with van der Waals surface area (Å²) in [6.45, 7) is 4.30. The molecule has 0 spiro atoms. The lowest BCUT2D eigenvalue weighted by Gasteiger charge is -2.09. The SMILES string of the molecule is CCOc1cc(/C=N\NC(=O)c2cc(-c3ccc(C)cc3)nc3ccccc23)ccc1O. The van der Waals surface area contributed by atoms with Gasteiger partial charge in [-0.05, 0) is 49.7 Å². The summed E-state index contributed by atoms with van der Waals surface area (Å²) < 4.78 is 5.38. The fourth-order valence-electron chi connectivity index (χ4n) is 3.34. The minimum Gasteiger partial charge on any atom is -0.504 e. The number of benzene rings is 3. The largest absolute Gasteiger partial charge is 0.504 e. The van der Waals surface area contributed by atoms with Crippen molar-refractivity contribution in [1.29, 1.82) is 0 Å². The highest BCUT2D eigenvalue weighted by molar-refractivity contribution is 6.07. The standard InChI is InChI=1S/C26H23N3O3/c1-3-32-25-14-18(10-13-24(25)30)16-27-29-26(31)21-15-23(19-11-8-17(2)9-12-19)28-22-7-5-4-6-20(21)22/h4-16,30H,3H2,1-2H3,(H,29,31)/b27-16-. The van der Waals surface area contributed by atoms with Gasteiger partial charge in [0, 0.05) is 10.9 Å². The molecule has 0 unspecified atom stereocenters. The molecule has 32 heavy (non-hydrogen) atoms. The molecule has 0 fully saturated rings. The highest BCUT2D eigenvalue weighted by Gasteiger charge is 2.13. The number of rotatable bonds is 6. The minimum absolute atomic E-state index is 0.0555. The molecule has 6 nitrogen and oxygen atoms in total. The van der Waals surface area contributed by atoms with Crippen LogP contribution in [0.4, 0.5) is 0 Å². The first kappa shape index (κ1) is 21.1. The second-order valence-electron chi connectivity index (χ2n) is 7.30. The summed E-state index contributed by atoms with van der Waals surface area (Å²) in [7, 11) is 0. The molecule has 3 aromatic carbocycles. The van der Waals surface area contributed by atoms with Gasteiger partial charge in [-0.1, -0.05) is 48.0 Å². The van der Waals surface area contributed by atoms with Crippen LogP contribution in [0.2, 0.25) is 0 Å². The zero-order valence-electron chi connectivity index (χ0n) is 17.9. The molecule has 2 N–H and O–H groups in total. The van der Waals surface area contributed by atoms with Gasteiger partial charge in [-0.15, -0.1) is 0 Å². The van der Waals surface area contributed by atoms with Crippen molar-refractivity contribution in [3.05, 3.63) is 89.5 Å². The average Bonchev–Trinajstić information content (AvgIpc) is 2.81. The van der Waals surface area contributed by atoms with Crippen LogP contribution in [-0.2, 0) is 0 Å². The lowest BCUT2D eigenvalue weighted by molar-refractivity contribution is 0.0956. The van der Waals surface area contributed by atoms with Crippen molar-refractivity contribution in [2.45, 2.75) is 13.8 Å². The number of amides is 1. The molecule has 0 saturated carbocycles. The van der Waals surface area contributed by atoms with Gasteiger partial charge in [-0.3, -0.25) is 4.79 Å². The smallest absolute Gasteiger partial charge is 0.272 e. The van der Waals surface area contributed by atoms with E-state index >= 15 is 0 Å². The fraction of sp³-hybridized carbons (Fsp3) is 0.115. The van der Waals surface area contributed by atoms with Crippen molar-refractivity contribution in [1.82, 2.24) is 10.4 Å². The van der Waals surface area contributed by atoms with E-state index in [0.717, 1.165) is 27.7 Å². The number of hydrogen-bond acceptors (Lipinski definition) is 5. The van der Waals surface area contributed by atoms with Crippen molar-refractivity contribution >= 4 is 23.0 Å². The predicted octanol–water partition coefficient (Wildman–Crippen LogP) is 5.08. The Morgan fingerprint density at radius 2 is 1.88 bits per heavy atom. The molecular formula is C26H23N3O3. The van der Waals surface area contributed by atoms with Crippen LogP contribution in [0.3, 0.4) is 0 Å². The number of fused-ring (bicyclic) bond motifs is 1. The highest BCUT2D eigenvalue weighted by atomic mass is 16.5. The summed E-state index contributed by atoms with van der Waals surface area (Å²) in [6.07, 6.45) is 1.50. The Hall–Kier alpha value is -4.19. The number of phenolic OH excluding ortho intramolecular Hbond substituents is 1. The van der Waals surface area contributed by atoms with E-state index < -0.39 is 0 Å². The maximum Gasteiger partial charge on any atom is 0.272 e. The average molecular weight is 425 g/mol. The third-order valence-corrected chi connectivity index (χ3v) is 4.97. The summed E-state index contributed by atoms with van der Waals surface area (Å²) in [6, 6.07) is 22.2. The molecule has 4 rings (SSSR count). The number of carbonyl (C=O) groups is 1. The lowest BCUT2D eigenvalue weighted by Crippen LogP contribution is -2.18. The lowest BCUT2D eigenvalue weighted by atomic mass is 10.0. The van der Waals surface area contributed by atoms with Gasteiger partial charge >= 0.3 is 0 Å². The molecule has 4 aromatic rings. The van der Waals surface area contributed by atoms with E-state index in [1.807, 2.05) is 62.4 Å². The number of aromatic nitrogens is 1. The van der Waals surface area contributed by atoms with E-state index in [1.165, 1.54) is 12.3 Å². The monoisotopic (exact) mass is 425 g/mol. The molecule has 1 amide bonds. The van der Waals surface area contributed by atoms with Crippen LogP contribution < -0.4 is 10.2 Å². The summed E-state index contributed by atoms with van der Waals surface area (Å²) in [5.74, 6) is 0.0857. The van der Waals surface area contributed by atoms with Crippen molar-refractivity contribution in [2.24, 2.45) is 5.10 Å². The maximum absolute atomic E-state index is 13.0. The molecule has 6 heteroatoms. The van der Waals surface area contributed by atoms with Crippen LogP contribution in [0.15, 0.2) is 77.9 Å². The van der Waals surface area contributed by atoms with Crippen LogP contribution in [0.25, 0.3) is 22.2 Å². The van der Waals surface area contributed by atoms with Gasteiger partial charge in [0.2, 0.25) is 0 Å². The van der Waals surface area contributed by atoms with Crippen molar-refractivity contribution in [3.63, 3.8) is 0 Å². The summed E-state index contributed by atoms with van der Waals surface area (Å²) in [5, 5.41) is 14.7. The Balaban J connectivity index is 1.62. The van der Waals surface area contributed by atoms with Crippen LogP contribution in [0.5, 0.6) is 11.5 Å². The number of para-hydroxylation sites is 1. The summed E-state index contributed by atoms with van der Waals surface area (Å²) >= 11 is 0. The van der Waals surface area contributed by atoms with E-state index in [4.69, 9.17) is 9.72 Å². The summed E-state index contributed by atoms with van der Waals surface area (Å²) in [4.78, 5) is 17.7. The van der Waals surface area contributed by atoms with E-state index in [2.05, 4.69) is 10.5 Å². The molecule has 1 aromatic heterocycles. The first-order valence-corrected chi connectivity index (χ1v) is 10.3. The van der Waals surface area contributed by atoms with Crippen molar-refractivity contribution < 1.29 is 14.6 Å². The number of hydrogen-bond donors (Lipinski definition) is 2. The number of phenols is 1. The molecule has 160 valence electrons. The molecule has 0 bridgehead atoms. The Morgan fingerprint density at radius 3 is 2.66 bits per heavy atom. The maximum atomic E-state index is 13.0. The van der Waals surface area contributed by atoms with E-state index in [0.29, 0.717) is 23.5 Å². The van der Waals surface area contributed by atoms with E-state index in [-0.39, 0.29) is 11.7 Å². The van der Waals surface area contributed by atoms with Gasteiger partial charge in [-0.25, -0.2) is 10.4 Å². The second kappa shape index (κ2) is 9.31. The zero-order chi connectivity index (χ0) is 22.5. The van der Waals surface area contributed by atoms with E-state index in [9.17, 15) is 9.90 Å². The van der Waals surface area contributed by atoms with Gasteiger partial charge in [-0.2, -0.15) is 5.10 Å². The van der Waals surface area contributed by atoms with Gasteiger partial charge in [0.25, 0.3) is 5.91 Å². The molecule has 1 heterocycles. The zero-order valence-corrected chi connectivity index (χ0v) is 17.9. The quantitative estimate of drug-likeness (QED) is 0.333. The first-order chi connectivity index (χ1) is 15.5. The fourth-order valence-corrected chi connectivity index (χ4v) is 3.34. The molecule has 0 radical (unpaired) electrons. The number of hydrazone groups is 1. The van der Waals surface area contributed by atoms with Crippen molar-refractivity contribution in [3.8, 4) is 22.8 Å². The highest BCUT2D eigenvalue weighted by Crippen LogP contribution is 2.27. The Labute approximate surface area is 186 Å². The second-order valence-corrected chi connectivity index (χ2v) is 7.30. The van der Waals surface area contributed by atoms with Gasteiger partial charge < -0.3 is 9.84 Å². The van der Waals surface area contributed by atoms with Crippen LogP contribution in [0, 0.1) is 6.92 Å². The number of aryl methyl sites for hydroxylation is 1.